The first-order chi connectivity index (χ1) is 14.4. The van der Waals surface area contributed by atoms with Crippen LogP contribution in [0.2, 0.25) is 5.15 Å². The van der Waals surface area contributed by atoms with Gasteiger partial charge in [-0.25, -0.2) is 14.1 Å². The largest absolute Gasteiger partial charge is 0.298 e. The van der Waals surface area contributed by atoms with Crippen molar-refractivity contribution in [3.05, 3.63) is 57.6 Å². The highest BCUT2D eigenvalue weighted by molar-refractivity contribution is 7.14. The second-order valence-electron chi connectivity index (χ2n) is 7.70. The second kappa shape index (κ2) is 8.83. The van der Waals surface area contributed by atoms with Gasteiger partial charge in [0, 0.05) is 11.9 Å². The van der Waals surface area contributed by atoms with Crippen LogP contribution in [0.25, 0.3) is 5.69 Å². The molecule has 1 aliphatic heterocycles. The number of aryl methyl sites for hydroxylation is 1. The van der Waals surface area contributed by atoms with E-state index >= 15 is 0 Å². The number of amides is 1. The molecule has 1 aromatic carbocycles. The Hall–Kier alpha value is -2.29. The Morgan fingerprint density at radius 2 is 2.00 bits per heavy atom. The van der Waals surface area contributed by atoms with Crippen molar-refractivity contribution < 1.29 is 9.18 Å². The first-order valence-electron chi connectivity index (χ1n) is 9.90. The minimum absolute atomic E-state index is 0.177. The van der Waals surface area contributed by atoms with Crippen LogP contribution in [0.4, 0.5) is 9.52 Å². The summed E-state index contributed by atoms with van der Waals surface area (Å²) in [4.78, 5) is 19.8. The quantitative estimate of drug-likeness (QED) is 0.603. The maximum atomic E-state index is 13.2. The van der Waals surface area contributed by atoms with Gasteiger partial charge in [-0.3, -0.25) is 15.0 Å². The summed E-state index contributed by atoms with van der Waals surface area (Å²) in [7, 11) is 0. The number of carbonyl (C=O) groups excluding carboxylic acids is 1. The Morgan fingerprint density at radius 1 is 1.30 bits per heavy atom. The maximum absolute atomic E-state index is 13.2. The van der Waals surface area contributed by atoms with E-state index in [9.17, 15) is 9.18 Å². The molecule has 0 spiro atoms. The number of hydrogen-bond donors (Lipinski definition) is 1. The van der Waals surface area contributed by atoms with Gasteiger partial charge in [0.2, 0.25) is 0 Å². The molecule has 30 heavy (non-hydrogen) atoms. The Kier molecular flexibility index (Phi) is 6.17. The van der Waals surface area contributed by atoms with Gasteiger partial charge in [0.05, 0.1) is 17.1 Å². The molecular weight excluding hydrogens is 425 g/mol. The summed E-state index contributed by atoms with van der Waals surface area (Å²) in [6.45, 7) is 6.96. The summed E-state index contributed by atoms with van der Waals surface area (Å²) in [5.74, 6) is 0.0734. The highest BCUT2D eigenvalue weighted by Gasteiger charge is 2.22. The van der Waals surface area contributed by atoms with Gasteiger partial charge in [0.25, 0.3) is 5.91 Å². The maximum Gasteiger partial charge on any atom is 0.262 e. The van der Waals surface area contributed by atoms with Crippen molar-refractivity contribution in [1.82, 2.24) is 19.7 Å². The summed E-state index contributed by atoms with van der Waals surface area (Å²) in [6, 6.07) is 5.76. The molecule has 0 saturated carbocycles. The van der Waals surface area contributed by atoms with E-state index in [1.165, 1.54) is 41.0 Å². The van der Waals surface area contributed by atoms with Crippen LogP contribution in [0.15, 0.2) is 29.6 Å². The molecule has 4 rings (SSSR count). The highest BCUT2D eigenvalue weighted by atomic mass is 35.5. The van der Waals surface area contributed by atoms with Crippen molar-refractivity contribution in [2.45, 2.75) is 33.2 Å². The molecule has 1 fully saturated rings. The first-order valence-corrected chi connectivity index (χ1v) is 11.2. The van der Waals surface area contributed by atoms with E-state index in [0.717, 1.165) is 31.2 Å². The van der Waals surface area contributed by atoms with Gasteiger partial charge in [-0.05, 0) is 63.0 Å². The van der Waals surface area contributed by atoms with Gasteiger partial charge in [-0.1, -0.05) is 18.5 Å². The first kappa shape index (κ1) is 21.0. The molecule has 3 aromatic rings. The predicted molar refractivity (Wildman–Crippen MR) is 117 cm³/mol. The van der Waals surface area contributed by atoms with E-state index in [1.807, 2.05) is 5.38 Å². The molecule has 0 unspecified atom stereocenters. The van der Waals surface area contributed by atoms with Crippen LogP contribution in [-0.4, -0.2) is 38.7 Å². The Labute approximate surface area is 183 Å². The number of rotatable bonds is 5. The number of piperidine rings is 1. The number of likely N-dealkylation sites (tertiary alicyclic amines) is 1. The molecule has 0 radical (unpaired) electrons. The number of hydrogen-bond acceptors (Lipinski definition) is 5. The molecule has 9 heteroatoms. The Bertz CT molecular complexity index is 1040. The van der Waals surface area contributed by atoms with Crippen molar-refractivity contribution in [2.24, 2.45) is 5.92 Å². The van der Waals surface area contributed by atoms with Crippen LogP contribution in [0.3, 0.4) is 0 Å². The second-order valence-corrected chi connectivity index (χ2v) is 8.91. The topological polar surface area (TPSA) is 63.1 Å². The molecule has 0 aliphatic carbocycles. The summed E-state index contributed by atoms with van der Waals surface area (Å²) < 4.78 is 14.6. The van der Waals surface area contributed by atoms with Crippen LogP contribution in [-0.2, 0) is 6.54 Å². The van der Waals surface area contributed by atoms with Crippen molar-refractivity contribution in [1.29, 1.82) is 0 Å². The number of aromatic nitrogens is 3. The van der Waals surface area contributed by atoms with E-state index in [-0.39, 0.29) is 22.4 Å². The molecule has 1 amide bonds. The highest BCUT2D eigenvalue weighted by Crippen LogP contribution is 2.26. The van der Waals surface area contributed by atoms with E-state index < -0.39 is 0 Å². The lowest BCUT2D eigenvalue weighted by Crippen LogP contribution is -2.32. The van der Waals surface area contributed by atoms with Crippen LogP contribution in [0.5, 0.6) is 0 Å². The van der Waals surface area contributed by atoms with Gasteiger partial charge < -0.3 is 0 Å². The molecule has 2 aromatic heterocycles. The fourth-order valence-corrected chi connectivity index (χ4v) is 4.61. The molecule has 3 heterocycles. The summed E-state index contributed by atoms with van der Waals surface area (Å²) >= 11 is 7.83. The summed E-state index contributed by atoms with van der Waals surface area (Å²) in [5, 5.41) is 9.86. The number of carbonyl (C=O) groups is 1. The Morgan fingerprint density at radius 3 is 2.70 bits per heavy atom. The number of benzene rings is 1. The number of thiazole rings is 1. The third-order valence-electron chi connectivity index (χ3n) is 5.34. The van der Waals surface area contributed by atoms with E-state index in [2.05, 4.69) is 27.2 Å². The SMILES string of the molecule is Cc1nn(-c2ccc(F)cc2)c(Cl)c1C(=O)Nc1nc(CN2CCC(C)CC2)cs1. The van der Waals surface area contributed by atoms with Gasteiger partial charge in [0.1, 0.15) is 16.5 Å². The van der Waals surface area contributed by atoms with E-state index in [1.54, 1.807) is 19.1 Å². The van der Waals surface area contributed by atoms with Crippen molar-refractivity contribution in [2.75, 3.05) is 18.4 Å². The summed E-state index contributed by atoms with van der Waals surface area (Å²) in [6.07, 6.45) is 2.42. The van der Waals surface area contributed by atoms with Gasteiger partial charge in [-0.2, -0.15) is 5.10 Å². The van der Waals surface area contributed by atoms with Crippen LogP contribution in [0, 0.1) is 18.7 Å². The van der Waals surface area contributed by atoms with Crippen LogP contribution in [0.1, 0.15) is 41.5 Å². The monoisotopic (exact) mass is 447 g/mol. The molecular formula is C21H23ClFN5OS. The van der Waals surface area contributed by atoms with Crippen molar-refractivity contribution in [3.8, 4) is 5.69 Å². The standard InChI is InChI=1S/C21H23ClFN5OS/c1-13-7-9-27(10-8-13)11-16-12-30-21(24-16)25-20(29)18-14(2)26-28(19(18)22)17-5-3-15(23)4-6-17/h3-6,12-13H,7-11H2,1-2H3,(H,24,25,29). The third kappa shape index (κ3) is 4.55. The zero-order valence-electron chi connectivity index (χ0n) is 16.9. The van der Waals surface area contributed by atoms with Crippen molar-refractivity contribution >= 4 is 34.0 Å². The fraction of sp³-hybridized carbons (Fsp3) is 0.381. The molecule has 1 saturated heterocycles. The lowest BCUT2D eigenvalue weighted by atomic mass is 9.99. The van der Waals surface area contributed by atoms with Gasteiger partial charge in [0.15, 0.2) is 5.13 Å². The molecule has 158 valence electrons. The lowest BCUT2D eigenvalue weighted by Gasteiger charge is -2.29. The average molecular weight is 448 g/mol. The minimum atomic E-state index is -0.362. The fourth-order valence-electron chi connectivity index (χ4n) is 3.56. The number of anilines is 1. The lowest BCUT2D eigenvalue weighted by molar-refractivity contribution is 0.102. The zero-order chi connectivity index (χ0) is 21.3. The third-order valence-corrected chi connectivity index (χ3v) is 6.49. The van der Waals surface area contributed by atoms with E-state index in [4.69, 9.17) is 11.6 Å². The predicted octanol–water partition coefficient (Wildman–Crippen LogP) is 4.91. The number of nitrogens with zero attached hydrogens (tertiary/aromatic N) is 4. The normalized spacial score (nSPS) is 15.5. The van der Waals surface area contributed by atoms with Crippen molar-refractivity contribution in [3.63, 3.8) is 0 Å². The smallest absolute Gasteiger partial charge is 0.262 e. The zero-order valence-corrected chi connectivity index (χ0v) is 18.4. The summed E-state index contributed by atoms with van der Waals surface area (Å²) in [5.41, 5.74) is 2.30. The number of nitrogens with one attached hydrogen (secondary N) is 1. The van der Waals surface area contributed by atoms with Gasteiger partial charge >= 0.3 is 0 Å². The van der Waals surface area contributed by atoms with E-state index in [0.29, 0.717) is 16.5 Å². The average Bonchev–Trinajstić information content (AvgIpc) is 3.27. The molecule has 1 N–H and O–H groups in total. The molecule has 6 nitrogen and oxygen atoms in total. The molecule has 0 atom stereocenters. The molecule has 1 aliphatic rings. The Balaban J connectivity index is 1.45. The number of halogens is 2. The molecule has 0 bridgehead atoms. The van der Waals surface area contributed by atoms with Crippen LogP contribution >= 0.6 is 22.9 Å². The van der Waals surface area contributed by atoms with Gasteiger partial charge in [-0.15, -0.1) is 11.3 Å². The van der Waals surface area contributed by atoms with Crippen LogP contribution < -0.4 is 5.32 Å². The minimum Gasteiger partial charge on any atom is -0.298 e.